The van der Waals surface area contributed by atoms with Crippen LogP contribution in [-0.4, -0.2) is 65.4 Å². The average Bonchev–Trinajstić information content (AvgIpc) is 3.65. The molecule has 8 heteroatoms. The van der Waals surface area contributed by atoms with Crippen LogP contribution in [0.25, 0.3) is 11.3 Å². The second-order valence-corrected chi connectivity index (χ2v) is 8.15. The number of nitrogens with zero attached hydrogens (tertiary/aromatic N) is 4. The fourth-order valence-corrected chi connectivity index (χ4v) is 3.99. The molecular formula is C23H31N5O3. The third kappa shape index (κ3) is 5.37. The summed E-state index contributed by atoms with van der Waals surface area (Å²) in [7, 11) is 0. The van der Waals surface area contributed by atoms with E-state index in [4.69, 9.17) is 14.5 Å². The summed E-state index contributed by atoms with van der Waals surface area (Å²) in [5, 5.41) is 12.5. The van der Waals surface area contributed by atoms with Gasteiger partial charge in [0.2, 0.25) is 5.95 Å². The molecule has 1 atom stereocenters. The SMILES string of the molecule is CCOCOc1cc(C=O)ccc1-c1nnc(N[C@@H]2CCCN(CC)C2)nc1C1CC1. The number of aromatic nitrogens is 3. The Morgan fingerprint density at radius 2 is 2.10 bits per heavy atom. The first kappa shape index (κ1) is 21.6. The summed E-state index contributed by atoms with van der Waals surface area (Å²) in [5.74, 6) is 1.53. The van der Waals surface area contributed by atoms with Crippen LogP contribution in [0.1, 0.15) is 61.5 Å². The van der Waals surface area contributed by atoms with E-state index in [1.165, 1.54) is 6.42 Å². The van der Waals surface area contributed by atoms with E-state index in [9.17, 15) is 4.79 Å². The topological polar surface area (TPSA) is 89.5 Å². The Hall–Kier alpha value is -2.58. The second-order valence-electron chi connectivity index (χ2n) is 8.15. The first-order valence-corrected chi connectivity index (χ1v) is 11.3. The van der Waals surface area contributed by atoms with Crippen molar-refractivity contribution in [2.75, 3.05) is 38.4 Å². The number of ether oxygens (including phenoxy) is 2. The third-order valence-corrected chi connectivity index (χ3v) is 5.86. The molecule has 4 rings (SSSR count). The van der Waals surface area contributed by atoms with Crippen molar-refractivity contribution in [3.63, 3.8) is 0 Å². The minimum absolute atomic E-state index is 0.112. The van der Waals surface area contributed by atoms with E-state index >= 15 is 0 Å². The van der Waals surface area contributed by atoms with E-state index in [0.717, 1.165) is 62.1 Å². The van der Waals surface area contributed by atoms with Gasteiger partial charge in [0.05, 0.1) is 5.69 Å². The van der Waals surface area contributed by atoms with Gasteiger partial charge in [-0.25, -0.2) is 4.98 Å². The minimum Gasteiger partial charge on any atom is -0.467 e. The van der Waals surface area contributed by atoms with E-state index in [2.05, 4.69) is 27.3 Å². The summed E-state index contributed by atoms with van der Waals surface area (Å²) in [5.41, 5.74) is 2.99. The lowest BCUT2D eigenvalue weighted by molar-refractivity contribution is 0.0227. The zero-order valence-corrected chi connectivity index (χ0v) is 18.3. The zero-order chi connectivity index (χ0) is 21.6. The van der Waals surface area contributed by atoms with Crippen molar-refractivity contribution < 1.29 is 14.3 Å². The molecule has 2 fully saturated rings. The molecule has 0 amide bonds. The van der Waals surface area contributed by atoms with Gasteiger partial charge in [-0.15, -0.1) is 10.2 Å². The maximum Gasteiger partial charge on any atom is 0.243 e. The van der Waals surface area contributed by atoms with Crippen LogP contribution in [-0.2, 0) is 4.74 Å². The fourth-order valence-electron chi connectivity index (χ4n) is 3.99. The van der Waals surface area contributed by atoms with Gasteiger partial charge >= 0.3 is 0 Å². The molecule has 1 aromatic heterocycles. The van der Waals surface area contributed by atoms with Crippen LogP contribution in [0, 0.1) is 0 Å². The van der Waals surface area contributed by atoms with Crippen molar-refractivity contribution in [3.05, 3.63) is 29.5 Å². The number of aldehydes is 1. The Balaban J connectivity index is 1.61. The third-order valence-electron chi connectivity index (χ3n) is 5.86. The number of likely N-dealkylation sites (tertiary alicyclic amines) is 1. The molecule has 31 heavy (non-hydrogen) atoms. The molecule has 1 aliphatic carbocycles. The highest BCUT2D eigenvalue weighted by atomic mass is 16.7. The van der Waals surface area contributed by atoms with Crippen LogP contribution < -0.4 is 10.1 Å². The van der Waals surface area contributed by atoms with Crippen LogP contribution in [0.15, 0.2) is 18.2 Å². The molecule has 1 N–H and O–H groups in total. The normalized spacial score (nSPS) is 19.2. The molecule has 166 valence electrons. The lowest BCUT2D eigenvalue weighted by Crippen LogP contribution is -2.42. The predicted octanol–water partition coefficient (Wildman–Crippen LogP) is 3.50. The average molecular weight is 426 g/mol. The zero-order valence-electron chi connectivity index (χ0n) is 18.3. The first-order valence-electron chi connectivity index (χ1n) is 11.3. The molecule has 2 aliphatic rings. The molecule has 2 heterocycles. The van der Waals surface area contributed by atoms with Crippen LogP contribution in [0.5, 0.6) is 5.75 Å². The van der Waals surface area contributed by atoms with Crippen LogP contribution in [0.2, 0.25) is 0 Å². The number of hydrogen-bond acceptors (Lipinski definition) is 8. The Morgan fingerprint density at radius 1 is 1.23 bits per heavy atom. The number of benzene rings is 1. The Morgan fingerprint density at radius 3 is 2.84 bits per heavy atom. The fraction of sp³-hybridized carbons (Fsp3) is 0.565. The summed E-state index contributed by atoms with van der Waals surface area (Å²) in [6.07, 6.45) is 5.29. The lowest BCUT2D eigenvalue weighted by atomic mass is 10.0. The Labute approximate surface area is 183 Å². The van der Waals surface area contributed by atoms with Gasteiger partial charge in [0.25, 0.3) is 0 Å². The molecule has 0 radical (unpaired) electrons. The number of carbonyl (C=O) groups excluding carboxylic acids is 1. The van der Waals surface area contributed by atoms with E-state index < -0.39 is 0 Å². The number of likely N-dealkylation sites (N-methyl/N-ethyl adjacent to an activating group) is 1. The highest BCUT2D eigenvalue weighted by molar-refractivity contribution is 5.80. The van der Waals surface area contributed by atoms with E-state index in [-0.39, 0.29) is 6.79 Å². The number of rotatable bonds is 10. The summed E-state index contributed by atoms with van der Waals surface area (Å²) in [4.78, 5) is 18.6. The maximum absolute atomic E-state index is 11.3. The van der Waals surface area contributed by atoms with Crippen molar-refractivity contribution in [1.82, 2.24) is 20.1 Å². The molecule has 2 aromatic rings. The van der Waals surface area contributed by atoms with E-state index in [0.29, 0.717) is 35.8 Å². The quantitative estimate of drug-likeness (QED) is 0.351. The number of nitrogens with one attached hydrogen (secondary N) is 1. The highest BCUT2D eigenvalue weighted by Crippen LogP contribution is 2.44. The van der Waals surface area contributed by atoms with Crippen molar-refractivity contribution in [2.45, 2.75) is 51.5 Å². The molecule has 0 spiro atoms. The summed E-state index contributed by atoms with van der Waals surface area (Å²) < 4.78 is 11.1. The van der Waals surface area contributed by atoms with Crippen molar-refractivity contribution in [1.29, 1.82) is 0 Å². The molecule has 8 nitrogen and oxygen atoms in total. The van der Waals surface area contributed by atoms with Gasteiger partial charge in [0.1, 0.15) is 17.7 Å². The van der Waals surface area contributed by atoms with Gasteiger partial charge in [-0.3, -0.25) is 4.79 Å². The van der Waals surface area contributed by atoms with Gasteiger partial charge in [0.15, 0.2) is 6.79 Å². The van der Waals surface area contributed by atoms with E-state index in [1.807, 2.05) is 13.0 Å². The van der Waals surface area contributed by atoms with Gasteiger partial charge in [-0.2, -0.15) is 0 Å². The van der Waals surface area contributed by atoms with Crippen molar-refractivity contribution in [3.8, 4) is 17.0 Å². The maximum atomic E-state index is 11.3. The van der Waals surface area contributed by atoms with Crippen LogP contribution in [0.4, 0.5) is 5.95 Å². The number of carbonyl (C=O) groups is 1. The largest absolute Gasteiger partial charge is 0.467 e. The van der Waals surface area contributed by atoms with E-state index in [1.54, 1.807) is 12.1 Å². The first-order chi connectivity index (χ1) is 15.2. The molecular weight excluding hydrogens is 394 g/mol. The second kappa shape index (κ2) is 10.2. The van der Waals surface area contributed by atoms with Gasteiger partial charge < -0.3 is 19.7 Å². The smallest absolute Gasteiger partial charge is 0.243 e. The predicted molar refractivity (Wildman–Crippen MR) is 119 cm³/mol. The number of anilines is 1. The van der Waals surface area contributed by atoms with Crippen molar-refractivity contribution >= 4 is 12.2 Å². The summed E-state index contributed by atoms with van der Waals surface area (Å²) in [6.45, 7) is 7.98. The molecule has 0 unspecified atom stereocenters. The van der Waals surface area contributed by atoms with Crippen molar-refractivity contribution in [2.24, 2.45) is 0 Å². The van der Waals surface area contributed by atoms with Gasteiger partial charge in [-0.1, -0.05) is 13.0 Å². The number of piperidine rings is 1. The van der Waals surface area contributed by atoms with Crippen LogP contribution in [0.3, 0.4) is 0 Å². The number of hydrogen-bond donors (Lipinski definition) is 1. The Bertz CT molecular complexity index is 903. The molecule has 1 saturated carbocycles. The molecule has 1 aromatic carbocycles. The van der Waals surface area contributed by atoms with Gasteiger partial charge in [-0.05, 0) is 57.8 Å². The minimum atomic E-state index is 0.112. The monoisotopic (exact) mass is 425 g/mol. The van der Waals surface area contributed by atoms with Crippen LogP contribution >= 0.6 is 0 Å². The highest BCUT2D eigenvalue weighted by Gasteiger charge is 2.31. The van der Waals surface area contributed by atoms with Gasteiger partial charge in [0, 0.05) is 36.2 Å². The standard InChI is InChI=1S/C23H31N5O3/c1-3-28-11-5-6-18(13-28)24-23-25-21(17-8-9-17)22(26-27-23)19-10-7-16(14-29)12-20(19)31-15-30-4-2/h7,10,12,14,17-18H,3-6,8-9,11,13,15H2,1-2H3,(H,24,25,27)/t18-/m1/s1. The summed E-state index contributed by atoms with van der Waals surface area (Å²) in [6, 6.07) is 5.68. The lowest BCUT2D eigenvalue weighted by Gasteiger charge is -2.32. The molecule has 0 bridgehead atoms. The Kier molecular flexibility index (Phi) is 7.09. The molecule has 1 aliphatic heterocycles. The summed E-state index contributed by atoms with van der Waals surface area (Å²) >= 11 is 0. The molecule has 1 saturated heterocycles.